The van der Waals surface area contributed by atoms with E-state index in [2.05, 4.69) is 235 Å². The summed E-state index contributed by atoms with van der Waals surface area (Å²) in [6.07, 6.45) is 0. The number of anilines is 6. The predicted molar refractivity (Wildman–Crippen MR) is 268 cm³/mol. The summed E-state index contributed by atoms with van der Waals surface area (Å²) in [5.74, 6) is 0. The van der Waals surface area contributed by atoms with Crippen molar-refractivity contribution in [2.45, 2.75) is 27.7 Å². The molecule has 0 spiro atoms. The molecule has 0 fully saturated rings. The average molecular weight is 807 g/mol. The van der Waals surface area contributed by atoms with E-state index in [1.54, 1.807) is 0 Å². The Labute approximate surface area is 367 Å². The van der Waals surface area contributed by atoms with Crippen LogP contribution in [0.4, 0.5) is 34.1 Å². The van der Waals surface area contributed by atoms with E-state index in [1.165, 1.54) is 105 Å². The van der Waals surface area contributed by atoms with E-state index in [9.17, 15) is 0 Å². The Hall–Kier alpha value is -7.76. The third kappa shape index (κ3) is 4.82. The van der Waals surface area contributed by atoms with E-state index in [-0.39, 0.29) is 6.71 Å². The van der Waals surface area contributed by atoms with Gasteiger partial charge >= 0.3 is 0 Å². The van der Waals surface area contributed by atoms with Crippen LogP contribution in [0.5, 0.6) is 0 Å². The van der Waals surface area contributed by atoms with Gasteiger partial charge in [-0.05, 0) is 127 Å². The summed E-state index contributed by atoms with van der Waals surface area (Å²) < 4.78 is 5.26. The second-order valence-corrected chi connectivity index (χ2v) is 17.3. The Morgan fingerprint density at radius 3 is 1.51 bits per heavy atom. The largest absolute Gasteiger partial charge is 0.314 e. The first kappa shape index (κ1) is 35.9. The number of hydrogen-bond acceptors (Lipinski definition) is 2. The first-order valence-corrected chi connectivity index (χ1v) is 22.1. The van der Waals surface area contributed by atoms with Gasteiger partial charge in [0, 0.05) is 61.4 Å². The summed E-state index contributed by atoms with van der Waals surface area (Å²) in [5.41, 5.74) is 21.4. The summed E-state index contributed by atoms with van der Waals surface area (Å²) in [4.78, 5) is 4.94. The zero-order valence-corrected chi connectivity index (χ0v) is 35.8. The third-order valence-corrected chi connectivity index (χ3v) is 14.3. The van der Waals surface area contributed by atoms with Gasteiger partial charge in [0.15, 0.2) is 0 Å². The molecule has 63 heavy (non-hydrogen) atoms. The van der Waals surface area contributed by atoms with Gasteiger partial charge in [0.2, 0.25) is 0 Å². The number of fused-ring (bicyclic) bond motifs is 8. The molecule has 9 aromatic carbocycles. The van der Waals surface area contributed by atoms with Crippen LogP contribution in [-0.2, 0) is 0 Å². The van der Waals surface area contributed by atoms with E-state index >= 15 is 0 Å². The van der Waals surface area contributed by atoms with Crippen LogP contribution in [0.25, 0.3) is 54.7 Å². The molecule has 0 radical (unpaired) electrons. The Balaban J connectivity index is 1.21. The van der Waals surface area contributed by atoms with E-state index in [1.807, 2.05) is 0 Å². The number of para-hydroxylation sites is 4. The van der Waals surface area contributed by atoms with Gasteiger partial charge in [-0.3, -0.25) is 0 Å². The maximum atomic E-state index is 2.63. The topological polar surface area (TPSA) is 16.3 Å². The minimum absolute atomic E-state index is 0.0243. The number of rotatable bonds is 6. The van der Waals surface area contributed by atoms with Crippen LogP contribution in [0.3, 0.4) is 0 Å². The lowest BCUT2D eigenvalue weighted by molar-refractivity contribution is 1.02. The van der Waals surface area contributed by atoms with Gasteiger partial charge in [0.1, 0.15) is 0 Å². The molecular weight excluding hydrogens is 763 g/mol. The third-order valence-electron chi connectivity index (χ3n) is 14.3. The van der Waals surface area contributed by atoms with Gasteiger partial charge in [0.05, 0.1) is 28.1 Å². The fourth-order valence-corrected chi connectivity index (χ4v) is 11.4. The highest BCUT2D eigenvalue weighted by atomic mass is 15.2. The number of nitrogens with zero attached hydrogens (tertiary/aromatic N) is 4. The molecule has 2 aromatic heterocycles. The molecule has 0 saturated carbocycles. The minimum Gasteiger partial charge on any atom is -0.314 e. The maximum Gasteiger partial charge on any atom is 0.253 e. The van der Waals surface area contributed by atoms with Crippen molar-refractivity contribution >= 4 is 101 Å². The first-order valence-electron chi connectivity index (χ1n) is 22.1. The van der Waals surface area contributed by atoms with Gasteiger partial charge in [-0.15, -0.1) is 0 Å². The smallest absolute Gasteiger partial charge is 0.253 e. The van der Waals surface area contributed by atoms with Crippen molar-refractivity contribution in [3.63, 3.8) is 0 Å². The van der Waals surface area contributed by atoms with Crippen LogP contribution in [-0.4, -0.2) is 15.8 Å². The van der Waals surface area contributed by atoms with Gasteiger partial charge in [-0.25, -0.2) is 0 Å². The van der Waals surface area contributed by atoms with Crippen molar-refractivity contribution in [2.24, 2.45) is 0 Å². The minimum atomic E-state index is -0.0243. The second-order valence-electron chi connectivity index (χ2n) is 17.3. The van der Waals surface area contributed by atoms with Crippen molar-refractivity contribution < 1.29 is 0 Å². The maximum absolute atomic E-state index is 2.63. The molecule has 0 bridgehead atoms. The molecular formula is C58H43BN4. The van der Waals surface area contributed by atoms with E-state index in [0.29, 0.717) is 0 Å². The standard InChI is InChI=1S/C58H43BN4/c1-36-39(4)61-56-45-30-18-17-21-40(45)35-50-54(56)59(48-33-34-49(51(36)57(48)61)62(41-22-9-5-10-23-41)42-24-11-6-12-25-42)53-46-31-19-20-32-47(46)55(52-37(2)38(3)60(50)58(52)53)63(43-26-13-7-14-27-43)44-28-15-8-16-29-44/h5-35H,1-4H3. The molecule has 13 rings (SSSR count). The summed E-state index contributed by atoms with van der Waals surface area (Å²) in [6, 6.07) is 69.1. The zero-order chi connectivity index (χ0) is 42.1. The Morgan fingerprint density at radius 1 is 0.413 bits per heavy atom. The van der Waals surface area contributed by atoms with Crippen molar-refractivity contribution in [3.8, 4) is 11.4 Å². The summed E-state index contributed by atoms with van der Waals surface area (Å²) in [5, 5.41) is 7.65. The Morgan fingerprint density at radius 2 is 0.905 bits per heavy atom. The fraction of sp³-hybridized carbons (Fsp3) is 0.0690. The van der Waals surface area contributed by atoms with Gasteiger partial charge in [-0.1, -0.05) is 127 Å². The van der Waals surface area contributed by atoms with Crippen molar-refractivity contribution in [3.05, 3.63) is 211 Å². The van der Waals surface area contributed by atoms with E-state index in [0.717, 1.165) is 22.7 Å². The predicted octanol–water partition coefficient (Wildman–Crippen LogP) is 13.2. The highest BCUT2D eigenvalue weighted by molar-refractivity contribution is 7.01. The van der Waals surface area contributed by atoms with Crippen molar-refractivity contribution in [1.82, 2.24) is 9.13 Å². The van der Waals surface area contributed by atoms with Crippen LogP contribution in [0.1, 0.15) is 22.5 Å². The lowest BCUT2D eigenvalue weighted by Crippen LogP contribution is -2.60. The van der Waals surface area contributed by atoms with Gasteiger partial charge in [-0.2, -0.15) is 0 Å². The Bertz CT molecular complexity index is 3580. The molecule has 2 aliphatic heterocycles. The van der Waals surface area contributed by atoms with Gasteiger partial charge in [0.25, 0.3) is 6.71 Å². The zero-order valence-electron chi connectivity index (χ0n) is 35.8. The number of hydrogen-bond donors (Lipinski definition) is 0. The molecule has 0 atom stereocenters. The summed E-state index contributed by atoms with van der Waals surface area (Å²) in [7, 11) is 0. The quantitative estimate of drug-likeness (QED) is 0.156. The van der Waals surface area contributed by atoms with Crippen LogP contribution in [0, 0.1) is 27.7 Å². The molecule has 2 aliphatic rings. The number of aryl methyl sites for hydroxylation is 2. The van der Waals surface area contributed by atoms with Crippen molar-refractivity contribution in [1.29, 1.82) is 0 Å². The molecule has 5 heteroatoms. The fourth-order valence-electron chi connectivity index (χ4n) is 11.4. The molecule has 0 N–H and O–H groups in total. The summed E-state index contributed by atoms with van der Waals surface area (Å²) >= 11 is 0. The normalized spacial score (nSPS) is 12.4. The van der Waals surface area contributed by atoms with E-state index < -0.39 is 0 Å². The lowest BCUT2D eigenvalue weighted by atomic mass is 9.33. The molecule has 4 heterocycles. The van der Waals surface area contributed by atoms with Crippen LogP contribution in [0.2, 0.25) is 0 Å². The molecule has 11 aromatic rings. The number of aromatic nitrogens is 2. The van der Waals surface area contributed by atoms with E-state index in [4.69, 9.17) is 0 Å². The van der Waals surface area contributed by atoms with Crippen LogP contribution in [0.15, 0.2) is 188 Å². The summed E-state index contributed by atoms with van der Waals surface area (Å²) in [6.45, 7) is 9.32. The van der Waals surface area contributed by atoms with Crippen LogP contribution < -0.4 is 26.2 Å². The SMILES string of the molecule is Cc1c(C)n2c3c(c4ccccc4c(N(c4ccccc4)c4ccccc4)c13)B1c3c-2cc2ccccc2c3-n2c(C)c(C)c3c(N(c4ccccc4)c4ccccc4)ccc1c32. The monoisotopic (exact) mass is 806 g/mol. The highest BCUT2D eigenvalue weighted by Crippen LogP contribution is 2.49. The average Bonchev–Trinajstić information content (AvgIpc) is 3.76. The number of benzene rings is 9. The molecule has 0 amide bonds. The second kappa shape index (κ2) is 13.4. The highest BCUT2D eigenvalue weighted by Gasteiger charge is 2.44. The molecule has 0 unspecified atom stereocenters. The van der Waals surface area contributed by atoms with Gasteiger partial charge < -0.3 is 18.9 Å². The molecule has 298 valence electrons. The first-order chi connectivity index (χ1) is 31.0. The Kier molecular flexibility index (Phi) is 7.63. The van der Waals surface area contributed by atoms with Crippen LogP contribution >= 0.6 is 0 Å². The molecule has 0 aliphatic carbocycles. The molecule has 4 nitrogen and oxygen atoms in total. The lowest BCUT2D eigenvalue weighted by Gasteiger charge is -2.37. The molecule has 0 saturated heterocycles. The van der Waals surface area contributed by atoms with Crippen molar-refractivity contribution in [2.75, 3.05) is 9.80 Å².